The summed E-state index contributed by atoms with van der Waals surface area (Å²) in [7, 11) is 0. The minimum atomic E-state index is -0.475. The molecule has 0 saturated heterocycles. The molecule has 154 valence electrons. The van der Waals surface area contributed by atoms with Gasteiger partial charge in [-0.05, 0) is 18.8 Å². The van der Waals surface area contributed by atoms with Crippen molar-refractivity contribution in [3.8, 4) is 0 Å². The zero-order valence-corrected chi connectivity index (χ0v) is 17.5. The molecule has 0 radical (unpaired) electrons. The number of hydrogen-bond acceptors (Lipinski definition) is 4. The molecular weight excluding hydrogens is 328 g/mol. The molecule has 0 rings (SSSR count). The van der Waals surface area contributed by atoms with Gasteiger partial charge in [-0.25, -0.2) is 0 Å². The molecule has 0 bridgehead atoms. The Morgan fingerprint density at radius 2 is 1.15 bits per heavy atom. The van der Waals surface area contributed by atoms with Crippen LogP contribution in [0.2, 0.25) is 0 Å². The smallest absolute Gasteiger partial charge is 0.317 e. The van der Waals surface area contributed by atoms with Crippen molar-refractivity contribution in [2.45, 2.75) is 111 Å². The second-order valence-corrected chi connectivity index (χ2v) is 7.46. The summed E-state index contributed by atoms with van der Waals surface area (Å²) in [5.41, 5.74) is 0. The van der Waals surface area contributed by atoms with E-state index >= 15 is 0 Å². The van der Waals surface area contributed by atoms with Crippen molar-refractivity contribution in [3.63, 3.8) is 0 Å². The average Bonchev–Trinajstić information content (AvgIpc) is 2.62. The summed E-state index contributed by atoms with van der Waals surface area (Å²) in [6.07, 6.45) is 15.5. The van der Waals surface area contributed by atoms with Gasteiger partial charge in [0.2, 0.25) is 0 Å². The van der Waals surface area contributed by atoms with Crippen molar-refractivity contribution in [2.24, 2.45) is 5.92 Å². The maximum atomic E-state index is 11.6. The number of carbonyl (C=O) groups is 2. The topological polar surface area (TPSA) is 52.6 Å². The molecule has 0 spiro atoms. The molecule has 0 N–H and O–H groups in total. The summed E-state index contributed by atoms with van der Waals surface area (Å²) >= 11 is 0. The summed E-state index contributed by atoms with van der Waals surface area (Å²) in [4.78, 5) is 23.1. The monoisotopic (exact) mass is 370 g/mol. The van der Waals surface area contributed by atoms with Gasteiger partial charge in [-0.1, -0.05) is 91.4 Å². The largest absolute Gasteiger partial charge is 0.465 e. The summed E-state index contributed by atoms with van der Waals surface area (Å²) in [5, 5.41) is 0. The second kappa shape index (κ2) is 18.7. The molecule has 26 heavy (non-hydrogen) atoms. The fourth-order valence-electron chi connectivity index (χ4n) is 2.75. The predicted octanol–water partition coefficient (Wildman–Crippen LogP) is 6.21. The van der Waals surface area contributed by atoms with Crippen molar-refractivity contribution in [2.75, 3.05) is 13.2 Å². The van der Waals surface area contributed by atoms with Gasteiger partial charge >= 0.3 is 11.9 Å². The highest BCUT2D eigenvalue weighted by Crippen LogP contribution is 2.11. The van der Waals surface area contributed by atoms with Crippen LogP contribution in [-0.2, 0) is 19.1 Å². The lowest BCUT2D eigenvalue weighted by atomic mass is 10.1. The molecule has 0 amide bonds. The van der Waals surface area contributed by atoms with Gasteiger partial charge in [0.25, 0.3) is 0 Å². The van der Waals surface area contributed by atoms with E-state index in [0.29, 0.717) is 19.1 Å². The molecule has 0 aliphatic rings. The van der Waals surface area contributed by atoms with E-state index in [1.807, 2.05) is 0 Å². The zero-order chi connectivity index (χ0) is 19.5. The Balaban J connectivity index is 3.34. The molecule has 1 unspecified atom stereocenters. The van der Waals surface area contributed by atoms with Crippen molar-refractivity contribution in [1.82, 2.24) is 0 Å². The minimum Gasteiger partial charge on any atom is -0.465 e. The van der Waals surface area contributed by atoms with Crippen LogP contribution in [0.3, 0.4) is 0 Å². The van der Waals surface area contributed by atoms with Crippen LogP contribution < -0.4 is 0 Å². The summed E-state index contributed by atoms with van der Waals surface area (Å²) in [5.74, 6) is -0.404. The number of carbonyl (C=O) groups excluding carboxylic acids is 2. The van der Waals surface area contributed by atoms with E-state index in [4.69, 9.17) is 9.47 Å². The number of rotatable bonds is 18. The Morgan fingerprint density at radius 1 is 0.692 bits per heavy atom. The van der Waals surface area contributed by atoms with E-state index in [-0.39, 0.29) is 6.42 Å². The summed E-state index contributed by atoms with van der Waals surface area (Å²) < 4.78 is 10.2. The standard InChI is InChI=1S/C22H42O4/c1-4-6-7-8-9-10-11-12-13-14-15-17-25-21(23)19-22(24)26-18-16-20(3)5-2/h20H,4-19H2,1-3H3. The third kappa shape index (κ3) is 17.8. The summed E-state index contributed by atoms with van der Waals surface area (Å²) in [6, 6.07) is 0. The van der Waals surface area contributed by atoms with Crippen LogP contribution in [0.15, 0.2) is 0 Å². The molecule has 0 aromatic heterocycles. The highest BCUT2D eigenvalue weighted by Gasteiger charge is 2.12. The Morgan fingerprint density at radius 3 is 1.65 bits per heavy atom. The van der Waals surface area contributed by atoms with Crippen molar-refractivity contribution in [3.05, 3.63) is 0 Å². The molecule has 4 heteroatoms. The maximum absolute atomic E-state index is 11.6. The van der Waals surface area contributed by atoms with Crippen LogP contribution in [0.1, 0.15) is 111 Å². The lowest BCUT2D eigenvalue weighted by Crippen LogP contribution is -2.15. The lowest BCUT2D eigenvalue weighted by molar-refractivity contribution is -0.154. The van der Waals surface area contributed by atoms with Crippen LogP contribution in [0.5, 0.6) is 0 Å². The lowest BCUT2D eigenvalue weighted by Gasteiger charge is -2.09. The highest BCUT2D eigenvalue weighted by atomic mass is 16.6. The van der Waals surface area contributed by atoms with E-state index in [0.717, 1.165) is 25.7 Å². The Labute approximate surface area is 161 Å². The van der Waals surface area contributed by atoms with E-state index in [1.165, 1.54) is 57.8 Å². The second-order valence-electron chi connectivity index (χ2n) is 7.46. The molecule has 0 aromatic rings. The van der Waals surface area contributed by atoms with Gasteiger partial charge in [-0.3, -0.25) is 9.59 Å². The third-order valence-electron chi connectivity index (χ3n) is 4.87. The molecule has 0 aliphatic carbocycles. The zero-order valence-electron chi connectivity index (χ0n) is 17.5. The van der Waals surface area contributed by atoms with E-state index < -0.39 is 11.9 Å². The fraction of sp³-hybridized carbons (Fsp3) is 0.909. The average molecular weight is 371 g/mol. The molecule has 0 heterocycles. The Hall–Kier alpha value is -1.06. The van der Waals surface area contributed by atoms with Gasteiger partial charge in [0.1, 0.15) is 6.42 Å². The highest BCUT2D eigenvalue weighted by molar-refractivity contribution is 5.91. The molecule has 0 aromatic carbocycles. The van der Waals surface area contributed by atoms with Crippen molar-refractivity contribution in [1.29, 1.82) is 0 Å². The van der Waals surface area contributed by atoms with Crippen LogP contribution in [0.25, 0.3) is 0 Å². The molecular formula is C22H42O4. The van der Waals surface area contributed by atoms with Gasteiger partial charge in [-0.2, -0.15) is 0 Å². The van der Waals surface area contributed by atoms with Crippen molar-refractivity contribution < 1.29 is 19.1 Å². The first-order valence-corrected chi connectivity index (χ1v) is 10.9. The first-order valence-electron chi connectivity index (χ1n) is 10.9. The minimum absolute atomic E-state index is 0.265. The maximum Gasteiger partial charge on any atom is 0.317 e. The van der Waals surface area contributed by atoms with Crippen LogP contribution in [-0.4, -0.2) is 25.2 Å². The fourth-order valence-corrected chi connectivity index (χ4v) is 2.75. The molecule has 0 fully saturated rings. The molecule has 1 atom stereocenters. The number of esters is 2. The number of hydrogen-bond donors (Lipinski definition) is 0. The van der Waals surface area contributed by atoms with E-state index in [1.54, 1.807) is 0 Å². The predicted molar refractivity (Wildman–Crippen MR) is 107 cm³/mol. The van der Waals surface area contributed by atoms with Gasteiger partial charge in [-0.15, -0.1) is 0 Å². The van der Waals surface area contributed by atoms with Crippen molar-refractivity contribution >= 4 is 11.9 Å². The molecule has 0 saturated carbocycles. The molecule has 4 nitrogen and oxygen atoms in total. The Kier molecular flexibility index (Phi) is 18.0. The SMILES string of the molecule is CCCCCCCCCCCCCOC(=O)CC(=O)OCCC(C)CC. The summed E-state index contributed by atoms with van der Waals surface area (Å²) in [6.45, 7) is 7.28. The Bertz CT molecular complexity index is 341. The van der Waals surface area contributed by atoms with Crippen LogP contribution in [0, 0.1) is 5.92 Å². The molecule has 0 aliphatic heterocycles. The van der Waals surface area contributed by atoms with Gasteiger partial charge < -0.3 is 9.47 Å². The first kappa shape index (κ1) is 24.9. The van der Waals surface area contributed by atoms with Gasteiger partial charge in [0.05, 0.1) is 13.2 Å². The van der Waals surface area contributed by atoms with Crippen LogP contribution >= 0.6 is 0 Å². The van der Waals surface area contributed by atoms with Crippen LogP contribution in [0.4, 0.5) is 0 Å². The first-order chi connectivity index (χ1) is 12.6. The normalized spacial score (nSPS) is 12.0. The number of ether oxygens (including phenoxy) is 2. The van der Waals surface area contributed by atoms with E-state index in [2.05, 4.69) is 20.8 Å². The van der Waals surface area contributed by atoms with E-state index in [9.17, 15) is 9.59 Å². The van der Waals surface area contributed by atoms with Gasteiger partial charge in [0, 0.05) is 0 Å². The quantitative estimate of drug-likeness (QED) is 0.163. The number of unbranched alkanes of at least 4 members (excludes halogenated alkanes) is 10. The van der Waals surface area contributed by atoms with Gasteiger partial charge in [0.15, 0.2) is 0 Å². The third-order valence-corrected chi connectivity index (χ3v) is 4.87.